The van der Waals surface area contributed by atoms with E-state index in [1.165, 1.54) is 0 Å². The molecule has 0 aliphatic heterocycles. The summed E-state index contributed by atoms with van der Waals surface area (Å²) in [5.74, 6) is 1.27. The first-order valence-electron chi connectivity index (χ1n) is 9.49. The summed E-state index contributed by atoms with van der Waals surface area (Å²) in [4.78, 5) is 28.5. The zero-order valence-corrected chi connectivity index (χ0v) is 16.1. The van der Waals surface area contributed by atoms with E-state index in [0.29, 0.717) is 17.9 Å². The Kier molecular flexibility index (Phi) is 5.29. The zero-order chi connectivity index (χ0) is 20.2. The van der Waals surface area contributed by atoms with Crippen molar-refractivity contribution in [1.29, 1.82) is 0 Å². The Hall–Kier alpha value is -3.61. The second kappa shape index (κ2) is 8.18. The molecule has 29 heavy (non-hydrogen) atoms. The fraction of sp³-hybridized carbons (Fsp3) is 0.227. The van der Waals surface area contributed by atoms with Gasteiger partial charge in [0.15, 0.2) is 5.82 Å². The number of ether oxygens (including phenoxy) is 1. The first-order chi connectivity index (χ1) is 14.1. The Morgan fingerprint density at radius 3 is 2.62 bits per heavy atom. The molecule has 4 rings (SSSR count). The third-order valence-electron chi connectivity index (χ3n) is 4.84. The van der Waals surface area contributed by atoms with E-state index in [2.05, 4.69) is 15.6 Å². The Morgan fingerprint density at radius 1 is 1.14 bits per heavy atom. The highest BCUT2D eigenvalue weighted by Crippen LogP contribution is 2.30. The molecular formula is C22H22N4O3. The number of nitrogens with zero attached hydrogens (tertiary/aromatic N) is 2. The molecule has 1 saturated carbocycles. The smallest absolute Gasteiger partial charge is 0.251 e. The Labute approximate surface area is 168 Å². The van der Waals surface area contributed by atoms with Crippen molar-refractivity contribution in [3.8, 4) is 11.4 Å². The molecule has 1 heterocycles. The highest BCUT2D eigenvalue weighted by Gasteiger charge is 2.29. The molecule has 0 spiro atoms. The van der Waals surface area contributed by atoms with Crippen molar-refractivity contribution in [2.45, 2.75) is 19.4 Å². The molecule has 1 aliphatic rings. The van der Waals surface area contributed by atoms with Gasteiger partial charge in [-0.15, -0.1) is 0 Å². The molecule has 3 aromatic rings. The van der Waals surface area contributed by atoms with Crippen LogP contribution in [0.3, 0.4) is 0 Å². The number of amides is 2. The summed E-state index contributed by atoms with van der Waals surface area (Å²) in [6, 6.07) is 14.8. The maximum Gasteiger partial charge on any atom is 0.251 e. The lowest BCUT2D eigenvalue weighted by Gasteiger charge is -2.10. The number of imidazole rings is 1. The highest BCUT2D eigenvalue weighted by atomic mass is 16.5. The van der Waals surface area contributed by atoms with Gasteiger partial charge >= 0.3 is 0 Å². The summed E-state index contributed by atoms with van der Waals surface area (Å²) in [6.07, 6.45) is 5.30. The lowest BCUT2D eigenvalue weighted by molar-refractivity contribution is -0.117. The summed E-state index contributed by atoms with van der Waals surface area (Å²) in [7, 11) is 1.61. The average molecular weight is 390 g/mol. The van der Waals surface area contributed by atoms with E-state index in [1.807, 2.05) is 36.4 Å². The minimum absolute atomic E-state index is 0.0253. The fourth-order valence-corrected chi connectivity index (χ4v) is 3.01. The number of nitrogens with one attached hydrogen (secondary N) is 2. The Morgan fingerprint density at radius 2 is 1.90 bits per heavy atom. The largest absolute Gasteiger partial charge is 0.496 e. The number of hydrogen-bond acceptors (Lipinski definition) is 4. The van der Waals surface area contributed by atoms with Crippen LogP contribution < -0.4 is 15.4 Å². The molecule has 148 valence electrons. The van der Waals surface area contributed by atoms with Gasteiger partial charge in [-0.3, -0.25) is 9.59 Å². The number of carbonyl (C=O) groups excluding carboxylic acids is 2. The molecule has 0 atom stereocenters. The molecule has 0 unspecified atom stereocenters. The molecule has 0 radical (unpaired) electrons. The SMILES string of the molecule is COc1ccccc1CNC(=O)c1ccc(-n2cnc(NC(=O)C3CC3)c2)cc1. The fourth-order valence-electron chi connectivity index (χ4n) is 3.01. The first-order valence-corrected chi connectivity index (χ1v) is 9.49. The van der Waals surface area contributed by atoms with Crippen molar-refractivity contribution in [2.24, 2.45) is 5.92 Å². The van der Waals surface area contributed by atoms with Crippen LogP contribution in [0.1, 0.15) is 28.8 Å². The highest BCUT2D eigenvalue weighted by molar-refractivity contribution is 5.94. The number of methoxy groups -OCH3 is 1. The topological polar surface area (TPSA) is 85.2 Å². The molecule has 2 N–H and O–H groups in total. The maximum atomic E-state index is 12.4. The van der Waals surface area contributed by atoms with Crippen LogP contribution in [-0.4, -0.2) is 28.5 Å². The van der Waals surface area contributed by atoms with Gasteiger partial charge in [0.05, 0.1) is 13.3 Å². The van der Waals surface area contributed by atoms with Crippen LogP contribution in [0.25, 0.3) is 5.69 Å². The second-order valence-corrected chi connectivity index (χ2v) is 6.97. The Balaban J connectivity index is 1.37. The van der Waals surface area contributed by atoms with Crippen molar-refractivity contribution in [3.63, 3.8) is 0 Å². The third-order valence-corrected chi connectivity index (χ3v) is 4.84. The summed E-state index contributed by atoms with van der Waals surface area (Å²) in [5.41, 5.74) is 2.33. The van der Waals surface area contributed by atoms with Crippen molar-refractivity contribution in [3.05, 3.63) is 72.2 Å². The van der Waals surface area contributed by atoms with Gasteiger partial charge in [0, 0.05) is 29.3 Å². The minimum Gasteiger partial charge on any atom is -0.496 e. The van der Waals surface area contributed by atoms with E-state index in [0.717, 1.165) is 29.8 Å². The van der Waals surface area contributed by atoms with Gasteiger partial charge in [-0.05, 0) is 43.2 Å². The molecule has 1 fully saturated rings. The lowest BCUT2D eigenvalue weighted by atomic mass is 10.1. The van der Waals surface area contributed by atoms with Gasteiger partial charge in [0.25, 0.3) is 5.91 Å². The van der Waals surface area contributed by atoms with E-state index < -0.39 is 0 Å². The van der Waals surface area contributed by atoms with Gasteiger partial charge in [-0.25, -0.2) is 4.98 Å². The van der Waals surface area contributed by atoms with Crippen LogP contribution in [0.15, 0.2) is 61.1 Å². The monoisotopic (exact) mass is 390 g/mol. The van der Waals surface area contributed by atoms with Crippen LogP contribution in [0.5, 0.6) is 5.75 Å². The second-order valence-electron chi connectivity index (χ2n) is 6.97. The number of benzene rings is 2. The van der Waals surface area contributed by atoms with Crippen molar-refractivity contribution >= 4 is 17.6 Å². The quantitative estimate of drug-likeness (QED) is 0.649. The van der Waals surface area contributed by atoms with Crippen LogP contribution in [0.4, 0.5) is 5.82 Å². The van der Waals surface area contributed by atoms with Crippen molar-refractivity contribution in [1.82, 2.24) is 14.9 Å². The van der Waals surface area contributed by atoms with E-state index in [4.69, 9.17) is 4.74 Å². The summed E-state index contributed by atoms with van der Waals surface area (Å²) >= 11 is 0. The van der Waals surface area contributed by atoms with E-state index in [1.54, 1.807) is 36.3 Å². The predicted octanol–water partition coefficient (Wildman–Crippen LogP) is 3.16. The zero-order valence-electron chi connectivity index (χ0n) is 16.1. The van der Waals surface area contributed by atoms with Crippen LogP contribution in [-0.2, 0) is 11.3 Å². The van der Waals surface area contributed by atoms with Gasteiger partial charge in [0.1, 0.15) is 12.1 Å². The van der Waals surface area contributed by atoms with Gasteiger partial charge in [-0.1, -0.05) is 18.2 Å². The Bertz CT molecular complexity index is 1020. The lowest BCUT2D eigenvalue weighted by Crippen LogP contribution is -2.23. The number of anilines is 1. The summed E-state index contributed by atoms with van der Waals surface area (Å²) in [5, 5.41) is 5.73. The molecule has 1 aromatic heterocycles. The molecule has 1 aliphatic carbocycles. The van der Waals surface area contributed by atoms with Crippen LogP contribution in [0, 0.1) is 5.92 Å². The first kappa shape index (κ1) is 18.7. The number of rotatable bonds is 7. The number of hydrogen-bond donors (Lipinski definition) is 2. The molecule has 7 nitrogen and oxygen atoms in total. The molecule has 0 saturated heterocycles. The molecule has 0 bridgehead atoms. The molecule has 7 heteroatoms. The van der Waals surface area contributed by atoms with Gasteiger partial charge in [-0.2, -0.15) is 0 Å². The average Bonchev–Trinajstić information content (AvgIpc) is 3.52. The van der Waals surface area contributed by atoms with Gasteiger partial charge in [0.2, 0.25) is 5.91 Å². The third kappa shape index (κ3) is 4.45. The van der Waals surface area contributed by atoms with E-state index in [9.17, 15) is 9.59 Å². The standard InChI is InChI=1S/C22H22N4O3/c1-29-19-5-3-2-4-17(19)12-23-21(27)15-8-10-18(11-9-15)26-13-20(24-14-26)25-22(28)16-6-7-16/h2-5,8-11,13-14,16H,6-7,12H2,1H3,(H,23,27)(H,25,28). The van der Waals surface area contributed by atoms with E-state index in [-0.39, 0.29) is 17.7 Å². The minimum atomic E-state index is -0.162. The summed E-state index contributed by atoms with van der Waals surface area (Å²) in [6.45, 7) is 0.385. The van der Waals surface area contributed by atoms with Crippen LogP contribution in [0.2, 0.25) is 0 Å². The molecule has 2 aromatic carbocycles. The number of carbonyl (C=O) groups is 2. The van der Waals surface area contributed by atoms with E-state index >= 15 is 0 Å². The predicted molar refractivity (Wildman–Crippen MR) is 109 cm³/mol. The maximum absolute atomic E-state index is 12.4. The van der Waals surface area contributed by atoms with Gasteiger partial charge < -0.3 is 19.9 Å². The molecular weight excluding hydrogens is 368 g/mol. The normalized spacial score (nSPS) is 13.0. The van der Waals surface area contributed by atoms with Crippen LogP contribution >= 0.6 is 0 Å². The summed E-state index contributed by atoms with van der Waals surface area (Å²) < 4.78 is 7.11. The molecule has 2 amide bonds. The van der Waals surface area contributed by atoms with Crippen molar-refractivity contribution < 1.29 is 14.3 Å². The number of para-hydroxylation sites is 1. The number of aromatic nitrogens is 2. The van der Waals surface area contributed by atoms with Crippen molar-refractivity contribution in [2.75, 3.05) is 12.4 Å².